The predicted molar refractivity (Wildman–Crippen MR) is 51.2 cm³/mol. The zero-order chi connectivity index (χ0) is 11.3. The number of nitrogens with zero attached hydrogens (tertiary/aromatic N) is 1. The van der Waals surface area contributed by atoms with Crippen LogP contribution >= 0.6 is 0 Å². The molecule has 0 aliphatic carbocycles. The molecular formula is C9H17NO4. The summed E-state index contributed by atoms with van der Waals surface area (Å²) in [7, 11) is 1.63. The Labute approximate surface area is 83.3 Å². The molecule has 82 valence electrons. The van der Waals surface area contributed by atoms with Crippen LogP contribution in [0, 0.1) is 0 Å². The van der Waals surface area contributed by atoms with Crippen LogP contribution in [-0.2, 0) is 9.59 Å². The molecule has 0 saturated heterocycles. The van der Waals surface area contributed by atoms with Gasteiger partial charge in [-0.05, 0) is 20.4 Å². The first-order valence-corrected chi connectivity index (χ1v) is 4.56. The Bertz CT molecular complexity index is 217. The molecule has 2 N–H and O–H groups in total. The molecule has 0 radical (unpaired) electrons. The van der Waals surface area contributed by atoms with Crippen LogP contribution in [0.5, 0.6) is 0 Å². The minimum absolute atomic E-state index is 0.0652. The van der Waals surface area contributed by atoms with E-state index in [1.54, 1.807) is 11.9 Å². The molecule has 5 heteroatoms. The predicted octanol–water partition coefficient (Wildman–Crippen LogP) is 0.645. The van der Waals surface area contributed by atoms with E-state index in [0.29, 0.717) is 0 Å². The van der Waals surface area contributed by atoms with E-state index in [9.17, 15) is 9.59 Å². The third-order valence-electron chi connectivity index (χ3n) is 2.43. The normalized spacial score (nSPS) is 15.1. The zero-order valence-corrected chi connectivity index (χ0v) is 8.73. The molecule has 2 unspecified atom stereocenters. The van der Waals surface area contributed by atoms with Gasteiger partial charge in [-0.1, -0.05) is 6.92 Å². The summed E-state index contributed by atoms with van der Waals surface area (Å²) < 4.78 is 0. The lowest BCUT2D eigenvalue weighted by molar-refractivity contribution is -0.150. The maximum absolute atomic E-state index is 10.8. The molecule has 0 aromatic heterocycles. The van der Waals surface area contributed by atoms with Gasteiger partial charge in [0, 0.05) is 6.04 Å². The van der Waals surface area contributed by atoms with Crippen molar-refractivity contribution in [3.05, 3.63) is 0 Å². The summed E-state index contributed by atoms with van der Waals surface area (Å²) in [5.41, 5.74) is 0. The fourth-order valence-corrected chi connectivity index (χ4v) is 1.17. The van der Waals surface area contributed by atoms with Gasteiger partial charge in [0.15, 0.2) is 0 Å². The van der Waals surface area contributed by atoms with E-state index in [2.05, 4.69) is 0 Å². The Hall–Kier alpha value is -1.10. The van der Waals surface area contributed by atoms with E-state index < -0.39 is 18.0 Å². The van der Waals surface area contributed by atoms with Gasteiger partial charge in [-0.25, -0.2) is 0 Å². The number of carbonyl (C=O) groups is 2. The lowest BCUT2D eigenvalue weighted by Crippen LogP contribution is -2.44. The smallest absolute Gasteiger partial charge is 0.321 e. The van der Waals surface area contributed by atoms with Crippen molar-refractivity contribution in [3.63, 3.8) is 0 Å². The molecule has 0 aromatic rings. The van der Waals surface area contributed by atoms with Gasteiger partial charge in [0.2, 0.25) is 0 Å². The molecule has 0 bridgehead atoms. The number of likely N-dealkylation sites (N-methyl/N-ethyl adjacent to an activating group) is 1. The summed E-state index contributed by atoms with van der Waals surface area (Å²) in [6.07, 6.45) is 0.427. The van der Waals surface area contributed by atoms with Crippen molar-refractivity contribution in [2.75, 3.05) is 7.05 Å². The van der Waals surface area contributed by atoms with Crippen molar-refractivity contribution in [1.29, 1.82) is 0 Å². The SMILES string of the molecule is CCC(C)N(C)C(CC(=O)O)C(=O)O. The summed E-state index contributed by atoms with van der Waals surface area (Å²) in [6.45, 7) is 3.80. The fraction of sp³-hybridized carbons (Fsp3) is 0.778. The highest BCUT2D eigenvalue weighted by molar-refractivity contribution is 5.80. The highest BCUT2D eigenvalue weighted by atomic mass is 16.4. The van der Waals surface area contributed by atoms with Crippen LogP contribution < -0.4 is 0 Å². The Morgan fingerprint density at radius 1 is 1.36 bits per heavy atom. The molecule has 0 spiro atoms. The highest BCUT2D eigenvalue weighted by Crippen LogP contribution is 2.09. The molecule has 0 saturated carbocycles. The van der Waals surface area contributed by atoms with Crippen molar-refractivity contribution in [3.8, 4) is 0 Å². The second-order valence-electron chi connectivity index (χ2n) is 3.37. The minimum Gasteiger partial charge on any atom is -0.481 e. The van der Waals surface area contributed by atoms with Gasteiger partial charge in [0.25, 0.3) is 0 Å². The molecule has 0 aliphatic rings. The Balaban J connectivity index is 4.48. The van der Waals surface area contributed by atoms with Crippen molar-refractivity contribution in [1.82, 2.24) is 4.90 Å². The molecule has 0 aliphatic heterocycles. The van der Waals surface area contributed by atoms with Crippen LogP contribution in [0.2, 0.25) is 0 Å². The number of rotatable bonds is 6. The summed E-state index contributed by atoms with van der Waals surface area (Å²) in [5, 5.41) is 17.4. The van der Waals surface area contributed by atoms with Gasteiger partial charge >= 0.3 is 11.9 Å². The van der Waals surface area contributed by atoms with Crippen LogP contribution in [0.4, 0.5) is 0 Å². The first-order valence-electron chi connectivity index (χ1n) is 4.56. The summed E-state index contributed by atoms with van der Waals surface area (Å²) >= 11 is 0. The molecule has 0 amide bonds. The Morgan fingerprint density at radius 2 is 1.86 bits per heavy atom. The second kappa shape index (κ2) is 5.59. The van der Waals surface area contributed by atoms with Crippen molar-refractivity contribution in [2.45, 2.75) is 38.8 Å². The molecule has 0 rings (SSSR count). The van der Waals surface area contributed by atoms with Gasteiger partial charge in [-0.2, -0.15) is 0 Å². The van der Waals surface area contributed by atoms with Gasteiger partial charge in [-0.3, -0.25) is 14.5 Å². The third kappa shape index (κ3) is 3.74. The van der Waals surface area contributed by atoms with E-state index in [0.717, 1.165) is 6.42 Å². The standard InChI is InChI=1S/C9H17NO4/c1-4-6(2)10(3)7(9(13)14)5-8(11)12/h6-7H,4-5H2,1-3H3,(H,11,12)(H,13,14). The van der Waals surface area contributed by atoms with Gasteiger partial charge in [0.1, 0.15) is 6.04 Å². The van der Waals surface area contributed by atoms with E-state index >= 15 is 0 Å². The monoisotopic (exact) mass is 203 g/mol. The number of aliphatic carboxylic acids is 2. The summed E-state index contributed by atoms with van der Waals surface area (Å²) in [5.74, 6) is -2.18. The zero-order valence-electron chi connectivity index (χ0n) is 8.73. The maximum Gasteiger partial charge on any atom is 0.321 e. The van der Waals surface area contributed by atoms with Gasteiger partial charge in [0.05, 0.1) is 6.42 Å². The quantitative estimate of drug-likeness (QED) is 0.662. The van der Waals surface area contributed by atoms with Crippen LogP contribution in [0.25, 0.3) is 0 Å². The molecule has 5 nitrogen and oxygen atoms in total. The summed E-state index contributed by atoms with van der Waals surface area (Å²) in [6, 6.07) is -0.877. The average Bonchev–Trinajstić information content (AvgIpc) is 2.11. The van der Waals surface area contributed by atoms with Gasteiger partial charge in [-0.15, -0.1) is 0 Å². The van der Waals surface area contributed by atoms with Crippen LogP contribution in [-0.4, -0.2) is 46.2 Å². The number of carboxylic acids is 2. The fourth-order valence-electron chi connectivity index (χ4n) is 1.17. The molecule has 0 aromatic carbocycles. The van der Waals surface area contributed by atoms with E-state index in [1.807, 2.05) is 13.8 Å². The third-order valence-corrected chi connectivity index (χ3v) is 2.43. The molecule has 14 heavy (non-hydrogen) atoms. The van der Waals surface area contributed by atoms with Crippen molar-refractivity contribution in [2.24, 2.45) is 0 Å². The largest absolute Gasteiger partial charge is 0.481 e. The van der Waals surface area contributed by atoms with Gasteiger partial charge < -0.3 is 10.2 Å². The first-order chi connectivity index (χ1) is 6.40. The highest BCUT2D eigenvalue weighted by Gasteiger charge is 2.27. The van der Waals surface area contributed by atoms with Crippen LogP contribution in [0.1, 0.15) is 26.7 Å². The maximum atomic E-state index is 10.8. The second-order valence-corrected chi connectivity index (χ2v) is 3.37. The van der Waals surface area contributed by atoms with Crippen molar-refractivity contribution >= 4 is 11.9 Å². The van der Waals surface area contributed by atoms with E-state index in [1.165, 1.54) is 0 Å². The van der Waals surface area contributed by atoms with E-state index in [-0.39, 0.29) is 12.5 Å². The average molecular weight is 203 g/mol. The molecular weight excluding hydrogens is 186 g/mol. The number of carboxylic acid groups (broad SMARTS) is 2. The Kier molecular flexibility index (Phi) is 5.15. The topological polar surface area (TPSA) is 77.8 Å². The van der Waals surface area contributed by atoms with Crippen LogP contribution in [0.3, 0.4) is 0 Å². The molecule has 0 fully saturated rings. The summed E-state index contributed by atoms with van der Waals surface area (Å²) in [4.78, 5) is 22.8. The lowest BCUT2D eigenvalue weighted by atomic mass is 10.1. The number of hydrogen-bond donors (Lipinski definition) is 2. The van der Waals surface area contributed by atoms with Crippen LogP contribution in [0.15, 0.2) is 0 Å². The first kappa shape index (κ1) is 12.9. The van der Waals surface area contributed by atoms with E-state index in [4.69, 9.17) is 10.2 Å². The molecule has 0 heterocycles. The molecule has 2 atom stereocenters. The van der Waals surface area contributed by atoms with Crippen molar-refractivity contribution < 1.29 is 19.8 Å². The lowest BCUT2D eigenvalue weighted by Gasteiger charge is -2.28. The number of hydrogen-bond acceptors (Lipinski definition) is 3. The minimum atomic E-state index is -1.09. The Morgan fingerprint density at radius 3 is 2.14 bits per heavy atom.